The number of rotatable bonds is 4. The number of nitrogens with one attached hydrogen (secondary N) is 1. The molecule has 0 aromatic heterocycles. The van der Waals surface area contributed by atoms with Gasteiger partial charge in [0, 0.05) is 10.9 Å². The number of aryl methyl sites for hydroxylation is 1. The lowest BCUT2D eigenvalue weighted by Crippen LogP contribution is -2.13. The minimum absolute atomic E-state index is 0.128. The zero-order valence-electron chi connectivity index (χ0n) is 11.4. The highest BCUT2D eigenvalue weighted by atomic mass is 32.2. The summed E-state index contributed by atoms with van der Waals surface area (Å²) in [7, 11) is 1.89. The van der Waals surface area contributed by atoms with Crippen LogP contribution in [0.1, 0.15) is 24.1 Å². The van der Waals surface area contributed by atoms with Gasteiger partial charge in [0.05, 0.1) is 4.90 Å². The van der Waals surface area contributed by atoms with Gasteiger partial charge in [-0.1, -0.05) is 41.6 Å². The van der Waals surface area contributed by atoms with Crippen LogP contribution in [0.3, 0.4) is 0 Å². The zero-order valence-corrected chi connectivity index (χ0v) is 12.2. The molecule has 3 heteroatoms. The van der Waals surface area contributed by atoms with Gasteiger partial charge in [-0.15, -0.1) is 0 Å². The highest BCUT2D eigenvalue weighted by Crippen LogP contribution is 2.35. The second kappa shape index (κ2) is 6.22. The second-order valence-electron chi connectivity index (χ2n) is 4.59. The van der Waals surface area contributed by atoms with Crippen molar-refractivity contribution < 1.29 is 4.39 Å². The minimum atomic E-state index is -0.161. The van der Waals surface area contributed by atoms with E-state index < -0.39 is 0 Å². The van der Waals surface area contributed by atoms with Gasteiger partial charge in [0.15, 0.2) is 0 Å². The third-order valence-electron chi connectivity index (χ3n) is 3.11. The van der Waals surface area contributed by atoms with Crippen LogP contribution in [0.25, 0.3) is 0 Å². The van der Waals surface area contributed by atoms with Crippen molar-refractivity contribution >= 4 is 11.8 Å². The monoisotopic (exact) mass is 275 g/mol. The van der Waals surface area contributed by atoms with E-state index in [0.29, 0.717) is 4.90 Å². The summed E-state index contributed by atoms with van der Waals surface area (Å²) >= 11 is 1.48. The van der Waals surface area contributed by atoms with E-state index in [4.69, 9.17) is 0 Å². The Balaban J connectivity index is 2.38. The zero-order chi connectivity index (χ0) is 13.8. The summed E-state index contributed by atoms with van der Waals surface area (Å²) in [6.07, 6.45) is 0. The lowest BCUT2D eigenvalue weighted by Gasteiger charge is -2.16. The third kappa shape index (κ3) is 3.37. The molecule has 2 rings (SSSR count). The summed E-state index contributed by atoms with van der Waals surface area (Å²) in [5.41, 5.74) is 2.18. The Hall–Kier alpha value is -1.32. The summed E-state index contributed by atoms with van der Waals surface area (Å²) < 4.78 is 14.1. The first-order valence-electron chi connectivity index (χ1n) is 6.32. The SMILES string of the molecule is CNC(C)c1cccc(F)c1Sc1cccc(C)c1. The van der Waals surface area contributed by atoms with E-state index in [1.165, 1.54) is 23.4 Å². The summed E-state index contributed by atoms with van der Waals surface area (Å²) in [6, 6.07) is 13.5. The van der Waals surface area contributed by atoms with E-state index in [9.17, 15) is 4.39 Å². The molecule has 0 saturated heterocycles. The van der Waals surface area contributed by atoms with Gasteiger partial charge in [0.1, 0.15) is 5.82 Å². The van der Waals surface area contributed by atoms with Crippen molar-refractivity contribution in [2.24, 2.45) is 0 Å². The Bertz CT molecular complexity index is 568. The molecule has 0 aliphatic carbocycles. The molecule has 2 aromatic carbocycles. The van der Waals surface area contributed by atoms with E-state index in [2.05, 4.69) is 11.4 Å². The first-order chi connectivity index (χ1) is 9.11. The van der Waals surface area contributed by atoms with Crippen LogP contribution >= 0.6 is 11.8 Å². The molecule has 0 aliphatic rings. The van der Waals surface area contributed by atoms with Crippen LogP contribution in [0, 0.1) is 12.7 Å². The highest BCUT2D eigenvalue weighted by molar-refractivity contribution is 7.99. The van der Waals surface area contributed by atoms with E-state index in [1.54, 1.807) is 6.07 Å². The summed E-state index contributed by atoms with van der Waals surface area (Å²) in [5, 5.41) is 3.17. The average Bonchev–Trinajstić information content (AvgIpc) is 2.40. The standard InChI is InChI=1S/C16H18FNS/c1-11-6-4-7-13(10-11)19-16-14(12(2)18-3)8-5-9-15(16)17/h4-10,12,18H,1-3H3. The van der Waals surface area contributed by atoms with E-state index in [0.717, 1.165) is 10.5 Å². The number of halogens is 1. The van der Waals surface area contributed by atoms with Gasteiger partial charge in [-0.05, 0) is 44.7 Å². The maximum absolute atomic E-state index is 14.1. The van der Waals surface area contributed by atoms with Crippen molar-refractivity contribution in [3.63, 3.8) is 0 Å². The van der Waals surface area contributed by atoms with Crippen LogP contribution in [0.15, 0.2) is 52.3 Å². The Kier molecular flexibility index (Phi) is 4.61. The molecule has 1 unspecified atom stereocenters. The molecule has 0 bridgehead atoms. The number of hydrogen-bond donors (Lipinski definition) is 1. The Labute approximate surface area is 118 Å². The van der Waals surface area contributed by atoms with Crippen molar-refractivity contribution in [2.75, 3.05) is 7.05 Å². The number of benzene rings is 2. The maximum atomic E-state index is 14.1. The van der Waals surface area contributed by atoms with Crippen LogP contribution < -0.4 is 5.32 Å². The van der Waals surface area contributed by atoms with Crippen LogP contribution in [0.5, 0.6) is 0 Å². The fraction of sp³-hybridized carbons (Fsp3) is 0.250. The van der Waals surface area contributed by atoms with Gasteiger partial charge in [-0.2, -0.15) is 0 Å². The minimum Gasteiger partial charge on any atom is -0.313 e. The Morgan fingerprint density at radius 1 is 1.16 bits per heavy atom. The van der Waals surface area contributed by atoms with Gasteiger partial charge >= 0.3 is 0 Å². The highest BCUT2D eigenvalue weighted by Gasteiger charge is 2.14. The van der Waals surface area contributed by atoms with Crippen molar-refractivity contribution in [3.05, 3.63) is 59.4 Å². The van der Waals surface area contributed by atoms with Crippen molar-refractivity contribution in [1.82, 2.24) is 5.32 Å². The Morgan fingerprint density at radius 3 is 2.58 bits per heavy atom. The topological polar surface area (TPSA) is 12.0 Å². The molecule has 0 fully saturated rings. The molecule has 2 aromatic rings. The second-order valence-corrected chi connectivity index (χ2v) is 5.67. The van der Waals surface area contributed by atoms with Crippen LogP contribution in [-0.2, 0) is 0 Å². The first-order valence-corrected chi connectivity index (χ1v) is 7.13. The fourth-order valence-corrected chi connectivity index (χ4v) is 3.08. The van der Waals surface area contributed by atoms with Crippen LogP contribution in [0.2, 0.25) is 0 Å². The van der Waals surface area contributed by atoms with E-state index in [1.807, 2.05) is 45.2 Å². The predicted octanol–water partition coefficient (Wildman–Crippen LogP) is 4.57. The van der Waals surface area contributed by atoms with Gasteiger partial charge in [-0.25, -0.2) is 4.39 Å². The first kappa shape index (κ1) is 14.1. The summed E-state index contributed by atoms with van der Waals surface area (Å²) in [4.78, 5) is 1.77. The summed E-state index contributed by atoms with van der Waals surface area (Å²) in [5.74, 6) is -0.161. The predicted molar refractivity (Wildman–Crippen MR) is 79.2 cm³/mol. The molecule has 0 spiro atoms. The molecule has 1 nitrogen and oxygen atoms in total. The lowest BCUT2D eigenvalue weighted by atomic mass is 10.1. The molecule has 0 heterocycles. The molecule has 100 valence electrons. The number of hydrogen-bond acceptors (Lipinski definition) is 2. The molecule has 1 atom stereocenters. The third-order valence-corrected chi connectivity index (χ3v) is 4.23. The lowest BCUT2D eigenvalue weighted by molar-refractivity contribution is 0.576. The Morgan fingerprint density at radius 2 is 1.89 bits per heavy atom. The van der Waals surface area contributed by atoms with E-state index in [-0.39, 0.29) is 11.9 Å². The molecule has 0 amide bonds. The van der Waals surface area contributed by atoms with Gasteiger partial charge in [0.2, 0.25) is 0 Å². The van der Waals surface area contributed by atoms with Crippen LogP contribution in [0.4, 0.5) is 4.39 Å². The average molecular weight is 275 g/mol. The molecule has 0 saturated carbocycles. The fourth-order valence-electron chi connectivity index (χ4n) is 1.93. The maximum Gasteiger partial charge on any atom is 0.137 e. The molecule has 1 N–H and O–H groups in total. The van der Waals surface area contributed by atoms with Crippen LogP contribution in [-0.4, -0.2) is 7.05 Å². The largest absolute Gasteiger partial charge is 0.313 e. The van der Waals surface area contributed by atoms with E-state index >= 15 is 0 Å². The van der Waals surface area contributed by atoms with Crippen molar-refractivity contribution in [3.8, 4) is 0 Å². The van der Waals surface area contributed by atoms with Crippen molar-refractivity contribution in [2.45, 2.75) is 29.7 Å². The summed E-state index contributed by atoms with van der Waals surface area (Å²) in [6.45, 7) is 4.08. The molecule has 0 radical (unpaired) electrons. The smallest absolute Gasteiger partial charge is 0.137 e. The molecule has 19 heavy (non-hydrogen) atoms. The van der Waals surface area contributed by atoms with Gasteiger partial charge in [-0.3, -0.25) is 0 Å². The normalized spacial score (nSPS) is 12.4. The van der Waals surface area contributed by atoms with Crippen molar-refractivity contribution in [1.29, 1.82) is 0 Å². The molecular weight excluding hydrogens is 257 g/mol. The molecule has 0 aliphatic heterocycles. The van der Waals surface area contributed by atoms with Gasteiger partial charge < -0.3 is 5.32 Å². The van der Waals surface area contributed by atoms with Gasteiger partial charge in [0.25, 0.3) is 0 Å². The molecular formula is C16H18FNS. The quantitative estimate of drug-likeness (QED) is 0.877.